The van der Waals surface area contributed by atoms with E-state index in [1.54, 1.807) is 0 Å². The molecule has 0 unspecified atom stereocenters. The van der Waals surface area contributed by atoms with Crippen LogP contribution in [0.3, 0.4) is 0 Å². The van der Waals surface area contributed by atoms with E-state index in [9.17, 15) is 9.90 Å². The Hall–Kier alpha value is -1.39. The number of rotatable bonds is 5. The van der Waals surface area contributed by atoms with Crippen LogP contribution in [0.25, 0.3) is 0 Å². The summed E-state index contributed by atoms with van der Waals surface area (Å²) in [4.78, 5) is 15.2. The van der Waals surface area contributed by atoms with Crippen LogP contribution in [0.2, 0.25) is 0 Å². The minimum Gasteiger partial charge on any atom is -0.459 e. The molecule has 1 aliphatic carbocycles. The Morgan fingerprint density at radius 1 is 1.17 bits per heavy atom. The molecule has 126 valence electrons. The Bertz CT molecular complexity index is 503. The molecule has 0 amide bonds. The Labute approximate surface area is 138 Å². The number of likely N-dealkylation sites (tertiary alicyclic amines) is 1. The first kappa shape index (κ1) is 16.5. The van der Waals surface area contributed by atoms with E-state index in [2.05, 4.69) is 4.90 Å². The molecule has 1 saturated carbocycles. The number of hydrogen-bond donors (Lipinski definition) is 1. The van der Waals surface area contributed by atoms with Gasteiger partial charge in [0.2, 0.25) is 0 Å². The Kier molecular flexibility index (Phi) is 5.34. The minimum atomic E-state index is -0.421. The maximum absolute atomic E-state index is 12.9. The first-order valence-electron chi connectivity index (χ1n) is 8.82. The van der Waals surface area contributed by atoms with Gasteiger partial charge in [0.05, 0.1) is 0 Å². The van der Waals surface area contributed by atoms with Crippen molar-refractivity contribution in [3.05, 3.63) is 35.9 Å². The van der Waals surface area contributed by atoms with E-state index in [0.29, 0.717) is 12.5 Å². The monoisotopic (exact) mass is 317 g/mol. The molecule has 4 heteroatoms. The molecule has 1 saturated heterocycles. The van der Waals surface area contributed by atoms with Crippen molar-refractivity contribution in [3.63, 3.8) is 0 Å². The second-order valence-electron chi connectivity index (χ2n) is 6.91. The van der Waals surface area contributed by atoms with Gasteiger partial charge in [-0.25, -0.2) is 0 Å². The van der Waals surface area contributed by atoms with Crippen LogP contribution in [-0.2, 0) is 16.1 Å². The summed E-state index contributed by atoms with van der Waals surface area (Å²) in [5.74, 6) is 0.339. The molecule has 0 atom stereocenters. The van der Waals surface area contributed by atoms with Crippen molar-refractivity contribution in [2.75, 3.05) is 19.7 Å². The molecule has 0 spiro atoms. The van der Waals surface area contributed by atoms with E-state index in [-0.39, 0.29) is 12.6 Å². The molecule has 2 fully saturated rings. The standard InChI is InChI=1S/C19H27NO3/c21-14-16-8-12-20(13-9-16)19(10-4-5-11-19)18(22)23-15-17-6-2-1-3-7-17/h1-3,6-7,16,21H,4-5,8-15H2. The lowest BCUT2D eigenvalue weighted by atomic mass is 9.89. The first-order valence-corrected chi connectivity index (χ1v) is 8.82. The summed E-state index contributed by atoms with van der Waals surface area (Å²) in [5, 5.41) is 9.32. The van der Waals surface area contributed by atoms with Crippen LogP contribution >= 0.6 is 0 Å². The van der Waals surface area contributed by atoms with Crippen LogP contribution in [0, 0.1) is 5.92 Å². The molecule has 2 aliphatic rings. The molecular weight excluding hydrogens is 290 g/mol. The second kappa shape index (κ2) is 7.45. The van der Waals surface area contributed by atoms with Gasteiger partial charge in [0.1, 0.15) is 12.1 Å². The molecule has 3 rings (SSSR count). The predicted octanol–water partition coefficient (Wildman–Crippen LogP) is 2.75. The molecule has 0 aromatic heterocycles. The van der Waals surface area contributed by atoms with Gasteiger partial charge in [-0.05, 0) is 50.3 Å². The lowest BCUT2D eigenvalue weighted by Crippen LogP contribution is -2.56. The highest BCUT2D eigenvalue weighted by atomic mass is 16.5. The summed E-state index contributed by atoms with van der Waals surface area (Å²) < 4.78 is 5.69. The molecule has 23 heavy (non-hydrogen) atoms. The van der Waals surface area contributed by atoms with Crippen molar-refractivity contribution < 1.29 is 14.6 Å². The van der Waals surface area contributed by atoms with Gasteiger partial charge in [0.25, 0.3) is 0 Å². The van der Waals surface area contributed by atoms with Crippen LogP contribution in [0.5, 0.6) is 0 Å². The summed E-state index contributed by atoms with van der Waals surface area (Å²) in [6.45, 7) is 2.41. The Morgan fingerprint density at radius 2 is 1.83 bits per heavy atom. The van der Waals surface area contributed by atoms with Crippen molar-refractivity contribution in [1.82, 2.24) is 4.90 Å². The normalized spacial score (nSPS) is 22.1. The van der Waals surface area contributed by atoms with E-state index in [0.717, 1.165) is 57.2 Å². The lowest BCUT2D eigenvalue weighted by Gasteiger charge is -2.43. The molecule has 0 bridgehead atoms. The SMILES string of the molecule is O=C(OCc1ccccc1)C1(N2CCC(CO)CC2)CCCC1. The zero-order valence-corrected chi connectivity index (χ0v) is 13.7. The van der Waals surface area contributed by atoms with Crippen molar-refractivity contribution >= 4 is 5.97 Å². The summed E-state index contributed by atoms with van der Waals surface area (Å²) in [6.07, 6.45) is 5.96. The maximum atomic E-state index is 12.9. The van der Waals surface area contributed by atoms with Gasteiger partial charge in [-0.15, -0.1) is 0 Å². The third-order valence-electron chi connectivity index (χ3n) is 5.50. The third kappa shape index (κ3) is 3.59. The largest absolute Gasteiger partial charge is 0.459 e. The highest BCUT2D eigenvalue weighted by Gasteiger charge is 2.48. The number of aliphatic hydroxyl groups excluding tert-OH is 1. The zero-order chi connectivity index (χ0) is 16.1. The van der Waals surface area contributed by atoms with Crippen LogP contribution in [-0.4, -0.2) is 41.2 Å². The van der Waals surface area contributed by atoms with Gasteiger partial charge in [0.15, 0.2) is 0 Å². The topological polar surface area (TPSA) is 49.8 Å². The van der Waals surface area contributed by atoms with E-state index in [1.807, 2.05) is 30.3 Å². The van der Waals surface area contributed by atoms with Gasteiger partial charge in [-0.2, -0.15) is 0 Å². The average Bonchev–Trinajstić information content (AvgIpc) is 3.12. The van der Waals surface area contributed by atoms with Crippen molar-refractivity contribution in [3.8, 4) is 0 Å². The number of piperidine rings is 1. The minimum absolute atomic E-state index is 0.0544. The Morgan fingerprint density at radius 3 is 2.43 bits per heavy atom. The van der Waals surface area contributed by atoms with E-state index in [4.69, 9.17) is 4.74 Å². The number of aliphatic hydroxyl groups is 1. The van der Waals surface area contributed by atoms with Gasteiger partial charge < -0.3 is 9.84 Å². The van der Waals surface area contributed by atoms with Crippen molar-refractivity contribution in [1.29, 1.82) is 0 Å². The fraction of sp³-hybridized carbons (Fsp3) is 0.632. The molecule has 1 aliphatic heterocycles. The molecule has 1 N–H and O–H groups in total. The first-order chi connectivity index (χ1) is 11.2. The number of nitrogens with zero attached hydrogens (tertiary/aromatic N) is 1. The smallest absolute Gasteiger partial charge is 0.326 e. The fourth-order valence-electron chi connectivity index (χ4n) is 4.01. The van der Waals surface area contributed by atoms with E-state index in [1.165, 1.54) is 0 Å². The third-order valence-corrected chi connectivity index (χ3v) is 5.50. The molecule has 4 nitrogen and oxygen atoms in total. The summed E-state index contributed by atoms with van der Waals surface area (Å²) in [5.41, 5.74) is 0.614. The number of esters is 1. The lowest BCUT2D eigenvalue weighted by molar-refractivity contribution is -0.161. The number of benzene rings is 1. The molecule has 1 aromatic rings. The van der Waals surface area contributed by atoms with Gasteiger partial charge in [-0.3, -0.25) is 9.69 Å². The number of ether oxygens (including phenoxy) is 1. The van der Waals surface area contributed by atoms with Crippen LogP contribution in [0.15, 0.2) is 30.3 Å². The predicted molar refractivity (Wildman–Crippen MR) is 88.8 cm³/mol. The van der Waals surface area contributed by atoms with Gasteiger partial charge in [-0.1, -0.05) is 43.2 Å². The number of carbonyl (C=O) groups is 1. The van der Waals surface area contributed by atoms with E-state index < -0.39 is 5.54 Å². The van der Waals surface area contributed by atoms with Crippen molar-refractivity contribution in [2.24, 2.45) is 5.92 Å². The van der Waals surface area contributed by atoms with Crippen molar-refractivity contribution in [2.45, 2.75) is 50.7 Å². The summed E-state index contributed by atoms with van der Waals surface area (Å²) in [7, 11) is 0. The number of hydrogen-bond acceptors (Lipinski definition) is 4. The summed E-state index contributed by atoms with van der Waals surface area (Å²) in [6, 6.07) is 9.88. The second-order valence-corrected chi connectivity index (χ2v) is 6.91. The fourth-order valence-corrected chi connectivity index (χ4v) is 4.01. The Balaban J connectivity index is 1.64. The maximum Gasteiger partial charge on any atom is 0.326 e. The van der Waals surface area contributed by atoms with Crippen LogP contribution < -0.4 is 0 Å². The van der Waals surface area contributed by atoms with Gasteiger partial charge >= 0.3 is 5.97 Å². The van der Waals surface area contributed by atoms with Crippen LogP contribution in [0.1, 0.15) is 44.1 Å². The van der Waals surface area contributed by atoms with E-state index >= 15 is 0 Å². The quantitative estimate of drug-likeness (QED) is 0.849. The highest BCUT2D eigenvalue weighted by Crippen LogP contribution is 2.39. The molecular formula is C19H27NO3. The highest BCUT2D eigenvalue weighted by molar-refractivity contribution is 5.81. The molecule has 0 radical (unpaired) electrons. The molecule has 1 heterocycles. The average molecular weight is 317 g/mol. The van der Waals surface area contributed by atoms with Gasteiger partial charge in [0, 0.05) is 6.61 Å². The van der Waals surface area contributed by atoms with Crippen LogP contribution in [0.4, 0.5) is 0 Å². The number of carbonyl (C=O) groups excluding carboxylic acids is 1. The molecule has 1 aromatic carbocycles. The summed E-state index contributed by atoms with van der Waals surface area (Å²) >= 11 is 0. The zero-order valence-electron chi connectivity index (χ0n) is 13.7.